The van der Waals surface area contributed by atoms with Crippen LogP contribution >= 0.6 is 12.4 Å². The van der Waals surface area contributed by atoms with E-state index in [1.54, 1.807) is 29.6 Å². The summed E-state index contributed by atoms with van der Waals surface area (Å²) in [6.07, 6.45) is -4.47. The predicted molar refractivity (Wildman–Crippen MR) is 60.9 cm³/mol. The summed E-state index contributed by atoms with van der Waals surface area (Å²) in [6, 6.07) is 6.38. The molecule has 0 aliphatic rings. The minimum Gasteiger partial charge on any atom is -0.399 e. The molecule has 0 aliphatic heterocycles. The zero-order valence-electron chi connectivity index (χ0n) is 8.75. The SMILES string of the molecule is Cl.Nc1ccc(CC(=O)NCC(F)(F)F)cc1. The first-order valence-electron chi connectivity index (χ1n) is 4.55. The highest BCUT2D eigenvalue weighted by Gasteiger charge is 2.27. The molecule has 3 nitrogen and oxygen atoms in total. The Bertz CT molecular complexity index is 365. The van der Waals surface area contributed by atoms with E-state index in [9.17, 15) is 18.0 Å². The van der Waals surface area contributed by atoms with E-state index in [1.807, 2.05) is 0 Å². The summed E-state index contributed by atoms with van der Waals surface area (Å²) in [5, 5.41) is 1.79. The smallest absolute Gasteiger partial charge is 0.399 e. The molecule has 0 atom stereocenters. The molecule has 0 radical (unpaired) electrons. The molecule has 1 rings (SSSR count). The van der Waals surface area contributed by atoms with Crippen LogP contribution in [0.2, 0.25) is 0 Å². The fraction of sp³-hybridized carbons (Fsp3) is 0.300. The monoisotopic (exact) mass is 268 g/mol. The van der Waals surface area contributed by atoms with Gasteiger partial charge in [-0.25, -0.2) is 0 Å². The average Bonchev–Trinajstić information content (AvgIpc) is 2.18. The Kier molecular flexibility index (Phi) is 5.81. The quantitative estimate of drug-likeness (QED) is 0.823. The maximum absolute atomic E-state index is 11.8. The number of nitrogen functional groups attached to an aromatic ring is 1. The van der Waals surface area contributed by atoms with Gasteiger partial charge in [-0.05, 0) is 17.7 Å². The molecule has 96 valence electrons. The van der Waals surface area contributed by atoms with Crippen LogP contribution in [0.3, 0.4) is 0 Å². The fourth-order valence-electron chi connectivity index (χ4n) is 1.08. The lowest BCUT2D eigenvalue weighted by atomic mass is 10.1. The van der Waals surface area contributed by atoms with Crippen molar-refractivity contribution in [2.75, 3.05) is 12.3 Å². The van der Waals surface area contributed by atoms with Gasteiger partial charge >= 0.3 is 6.18 Å². The molecule has 17 heavy (non-hydrogen) atoms. The van der Waals surface area contributed by atoms with E-state index >= 15 is 0 Å². The van der Waals surface area contributed by atoms with Crippen LogP contribution in [0.25, 0.3) is 0 Å². The highest BCUT2D eigenvalue weighted by molar-refractivity contribution is 5.85. The maximum atomic E-state index is 11.8. The van der Waals surface area contributed by atoms with E-state index in [0.29, 0.717) is 11.3 Å². The molecule has 1 aromatic rings. The molecule has 0 bridgehead atoms. The van der Waals surface area contributed by atoms with E-state index in [2.05, 4.69) is 0 Å². The first-order chi connectivity index (χ1) is 7.37. The van der Waals surface area contributed by atoms with Gasteiger partial charge in [0.05, 0.1) is 6.42 Å². The largest absolute Gasteiger partial charge is 0.405 e. The van der Waals surface area contributed by atoms with Crippen molar-refractivity contribution in [1.82, 2.24) is 5.32 Å². The topological polar surface area (TPSA) is 55.1 Å². The number of rotatable bonds is 3. The molecule has 1 amide bonds. The number of nitrogens with one attached hydrogen (secondary N) is 1. The van der Waals surface area contributed by atoms with Gasteiger partial charge in [0.1, 0.15) is 6.54 Å². The van der Waals surface area contributed by atoms with Crippen LogP contribution in [0.15, 0.2) is 24.3 Å². The van der Waals surface area contributed by atoms with Crippen molar-refractivity contribution in [2.24, 2.45) is 0 Å². The van der Waals surface area contributed by atoms with Crippen molar-refractivity contribution in [1.29, 1.82) is 0 Å². The van der Waals surface area contributed by atoms with Crippen LogP contribution in [0.4, 0.5) is 18.9 Å². The van der Waals surface area contributed by atoms with Crippen molar-refractivity contribution in [3.63, 3.8) is 0 Å². The van der Waals surface area contributed by atoms with Crippen LogP contribution in [-0.2, 0) is 11.2 Å². The highest BCUT2D eigenvalue weighted by atomic mass is 35.5. The number of anilines is 1. The van der Waals surface area contributed by atoms with Crippen LogP contribution in [-0.4, -0.2) is 18.6 Å². The Morgan fingerprint density at radius 2 is 1.76 bits per heavy atom. The van der Waals surface area contributed by atoms with E-state index in [4.69, 9.17) is 5.73 Å². The summed E-state index contributed by atoms with van der Waals surface area (Å²) in [4.78, 5) is 11.1. The molecule has 0 saturated heterocycles. The number of benzene rings is 1. The standard InChI is InChI=1S/C10H11F3N2O.ClH/c11-10(12,13)6-15-9(16)5-7-1-3-8(14)4-2-7;/h1-4H,5-6,14H2,(H,15,16);1H. The second-order valence-electron chi connectivity index (χ2n) is 3.31. The Labute approximate surface area is 103 Å². The van der Waals surface area contributed by atoms with E-state index in [0.717, 1.165) is 0 Å². The predicted octanol–water partition coefficient (Wildman–Crippen LogP) is 1.91. The van der Waals surface area contributed by atoms with Crippen molar-refractivity contribution < 1.29 is 18.0 Å². The summed E-state index contributed by atoms with van der Waals surface area (Å²) < 4.78 is 35.3. The lowest BCUT2D eigenvalue weighted by molar-refractivity contribution is -0.138. The van der Waals surface area contributed by atoms with Crippen LogP contribution < -0.4 is 11.1 Å². The average molecular weight is 269 g/mol. The Balaban J connectivity index is 0.00000256. The van der Waals surface area contributed by atoms with Gasteiger partial charge in [0.25, 0.3) is 0 Å². The molecule has 1 aromatic carbocycles. The normalized spacial score (nSPS) is 10.5. The number of carbonyl (C=O) groups is 1. The van der Waals surface area contributed by atoms with Gasteiger partial charge in [0, 0.05) is 5.69 Å². The fourth-order valence-corrected chi connectivity index (χ4v) is 1.08. The molecule has 3 N–H and O–H groups in total. The second kappa shape index (κ2) is 6.34. The number of nitrogens with two attached hydrogens (primary N) is 1. The highest BCUT2D eigenvalue weighted by Crippen LogP contribution is 2.12. The molecular formula is C10H12ClF3N2O. The minimum atomic E-state index is -4.38. The van der Waals surface area contributed by atoms with Gasteiger partial charge < -0.3 is 11.1 Å². The zero-order chi connectivity index (χ0) is 12.2. The summed E-state index contributed by atoms with van der Waals surface area (Å²) >= 11 is 0. The van der Waals surface area contributed by atoms with Crippen LogP contribution in [0.1, 0.15) is 5.56 Å². The number of amides is 1. The summed E-state index contributed by atoms with van der Waals surface area (Å²) in [6.45, 7) is -1.30. The van der Waals surface area contributed by atoms with E-state index < -0.39 is 18.6 Å². The summed E-state index contributed by atoms with van der Waals surface area (Å²) in [7, 11) is 0. The van der Waals surface area contributed by atoms with E-state index in [1.165, 1.54) is 0 Å². The lowest BCUT2D eigenvalue weighted by Crippen LogP contribution is -2.34. The number of alkyl halides is 3. The Morgan fingerprint density at radius 1 is 1.24 bits per heavy atom. The number of hydrogen-bond acceptors (Lipinski definition) is 2. The van der Waals surface area contributed by atoms with E-state index in [-0.39, 0.29) is 18.8 Å². The molecule has 0 saturated carbocycles. The van der Waals surface area contributed by atoms with Crippen molar-refractivity contribution in [2.45, 2.75) is 12.6 Å². The number of halogens is 4. The van der Waals surface area contributed by atoms with Gasteiger partial charge in [-0.1, -0.05) is 12.1 Å². The Hall–Kier alpha value is -1.43. The van der Waals surface area contributed by atoms with Crippen LogP contribution in [0.5, 0.6) is 0 Å². The molecule has 0 spiro atoms. The summed E-state index contributed by atoms with van der Waals surface area (Å²) in [5.41, 5.74) is 6.58. The maximum Gasteiger partial charge on any atom is 0.405 e. The third-order valence-electron chi connectivity index (χ3n) is 1.83. The summed E-state index contributed by atoms with van der Waals surface area (Å²) in [5.74, 6) is -0.665. The van der Waals surface area contributed by atoms with Gasteiger partial charge in [-0.3, -0.25) is 4.79 Å². The zero-order valence-corrected chi connectivity index (χ0v) is 9.57. The van der Waals surface area contributed by atoms with Crippen molar-refractivity contribution >= 4 is 24.0 Å². The number of carbonyl (C=O) groups excluding carboxylic acids is 1. The van der Waals surface area contributed by atoms with Gasteiger partial charge in [-0.15, -0.1) is 12.4 Å². The third kappa shape index (κ3) is 6.68. The molecule has 0 aromatic heterocycles. The minimum absolute atomic E-state index is 0. The second-order valence-corrected chi connectivity index (χ2v) is 3.31. The van der Waals surface area contributed by atoms with Gasteiger partial charge in [0.2, 0.25) is 5.91 Å². The molecular weight excluding hydrogens is 257 g/mol. The van der Waals surface area contributed by atoms with Gasteiger partial charge in [-0.2, -0.15) is 13.2 Å². The third-order valence-corrected chi connectivity index (χ3v) is 1.83. The first kappa shape index (κ1) is 15.6. The van der Waals surface area contributed by atoms with Crippen LogP contribution in [0, 0.1) is 0 Å². The molecule has 0 fully saturated rings. The lowest BCUT2D eigenvalue weighted by Gasteiger charge is -2.08. The molecule has 7 heteroatoms. The van der Waals surface area contributed by atoms with Gasteiger partial charge in [0.15, 0.2) is 0 Å². The van der Waals surface area contributed by atoms with Crippen molar-refractivity contribution in [3.05, 3.63) is 29.8 Å². The molecule has 0 heterocycles. The Morgan fingerprint density at radius 3 is 2.24 bits per heavy atom. The molecule has 0 aliphatic carbocycles. The first-order valence-corrected chi connectivity index (χ1v) is 4.55. The molecule has 0 unspecified atom stereocenters. The van der Waals surface area contributed by atoms with Crippen molar-refractivity contribution in [3.8, 4) is 0 Å². The number of hydrogen-bond donors (Lipinski definition) is 2.